The van der Waals surface area contributed by atoms with Crippen molar-refractivity contribution in [3.05, 3.63) is 35.9 Å². The van der Waals surface area contributed by atoms with Gasteiger partial charge in [-0.2, -0.15) is 0 Å². The van der Waals surface area contributed by atoms with Crippen LogP contribution in [0, 0.1) is 0 Å². The lowest BCUT2D eigenvalue weighted by Gasteiger charge is -2.28. The summed E-state index contributed by atoms with van der Waals surface area (Å²) < 4.78 is 0. The van der Waals surface area contributed by atoms with Crippen LogP contribution in [0.4, 0.5) is 0 Å². The molecular formula is C12H16N2O. The Kier molecular flexibility index (Phi) is 3.02. The molecule has 0 bridgehead atoms. The van der Waals surface area contributed by atoms with Crippen LogP contribution in [0.3, 0.4) is 0 Å². The van der Waals surface area contributed by atoms with E-state index in [-0.39, 0.29) is 11.9 Å². The van der Waals surface area contributed by atoms with Gasteiger partial charge in [-0.05, 0) is 18.9 Å². The first-order valence-electron chi connectivity index (χ1n) is 5.33. The molecule has 1 aromatic carbocycles. The molecule has 2 rings (SSSR count). The zero-order valence-corrected chi connectivity index (χ0v) is 8.86. The van der Waals surface area contributed by atoms with Gasteiger partial charge < -0.3 is 10.6 Å². The van der Waals surface area contributed by atoms with Crippen molar-refractivity contribution in [2.45, 2.75) is 25.4 Å². The first kappa shape index (κ1) is 10.2. The van der Waals surface area contributed by atoms with Gasteiger partial charge in [0.15, 0.2) is 0 Å². The molecule has 1 amide bonds. The minimum Gasteiger partial charge on any atom is -0.353 e. The molecule has 0 spiro atoms. The molecule has 1 aliphatic heterocycles. The Balaban J connectivity index is 1.94. The fourth-order valence-electron chi connectivity index (χ4n) is 1.89. The zero-order valence-electron chi connectivity index (χ0n) is 8.86. The first-order chi connectivity index (χ1) is 7.25. The van der Waals surface area contributed by atoms with Gasteiger partial charge in [-0.15, -0.1) is 0 Å². The average Bonchev–Trinajstić information content (AvgIpc) is 2.25. The molecule has 0 aromatic heterocycles. The Bertz CT molecular complexity index is 337. The Morgan fingerprint density at radius 2 is 2.07 bits per heavy atom. The molecule has 2 N–H and O–H groups in total. The number of amides is 1. The first-order valence-corrected chi connectivity index (χ1v) is 5.33. The zero-order chi connectivity index (χ0) is 10.7. The quantitative estimate of drug-likeness (QED) is 0.744. The largest absolute Gasteiger partial charge is 0.353 e. The molecular weight excluding hydrogens is 188 g/mol. The van der Waals surface area contributed by atoms with Crippen molar-refractivity contribution in [1.29, 1.82) is 0 Å². The van der Waals surface area contributed by atoms with Crippen LogP contribution in [0.2, 0.25) is 0 Å². The smallest absolute Gasteiger partial charge is 0.236 e. The normalized spacial score (nSPS) is 26.1. The predicted molar refractivity (Wildman–Crippen MR) is 59.5 cm³/mol. The minimum absolute atomic E-state index is 0.0764. The standard InChI is InChI=1S/C12H16N2O/c1-9-12(15)13-8-11(14-9)7-10-5-3-2-4-6-10/h2-6,9,11,14H,7-8H2,1H3,(H,13,15)/t9-,11?/m0/s1. The van der Waals surface area contributed by atoms with Crippen molar-refractivity contribution in [3.63, 3.8) is 0 Å². The van der Waals surface area contributed by atoms with Gasteiger partial charge in [-0.1, -0.05) is 30.3 Å². The lowest BCUT2D eigenvalue weighted by atomic mass is 10.0. The second-order valence-electron chi connectivity index (χ2n) is 4.02. The van der Waals surface area contributed by atoms with Gasteiger partial charge in [0.1, 0.15) is 0 Å². The molecule has 3 nitrogen and oxygen atoms in total. The van der Waals surface area contributed by atoms with E-state index in [9.17, 15) is 4.79 Å². The fourth-order valence-corrected chi connectivity index (χ4v) is 1.89. The summed E-state index contributed by atoms with van der Waals surface area (Å²) >= 11 is 0. The summed E-state index contributed by atoms with van der Waals surface area (Å²) in [5.74, 6) is 0.0966. The monoisotopic (exact) mass is 204 g/mol. The molecule has 3 heteroatoms. The third-order valence-corrected chi connectivity index (χ3v) is 2.73. The number of carbonyl (C=O) groups excluding carboxylic acids is 1. The maximum atomic E-state index is 11.2. The molecule has 1 heterocycles. The lowest BCUT2D eigenvalue weighted by molar-refractivity contribution is -0.124. The van der Waals surface area contributed by atoms with Crippen LogP contribution in [-0.4, -0.2) is 24.5 Å². The molecule has 80 valence electrons. The summed E-state index contributed by atoms with van der Waals surface area (Å²) in [6.45, 7) is 2.62. The Morgan fingerprint density at radius 1 is 1.33 bits per heavy atom. The van der Waals surface area contributed by atoms with E-state index in [1.165, 1.54) is 5.56 Å². The molecule has 0 radical (unpaired) electrons. The van der Waals surface area contributed by atoms with E-state index < -0.39 is 0 Å². The van der Waals surface area contributed by atoms with E-state index in [4.69, 9.17) is 0 Å². The van der Waals surface area contributed by atoms with Gasteiger partial charge in [-0.25, -0.2) is 0 Å². The highest BCUT2D eigenvalue weighted by molar-refractivity contribution is 5.82. The van der Waals surface area contributed by atoms with Crippen LogP contribution < -0.4 is 10.6 Å². The van der Waals surface area contributed by atoms with Crippen molar-refractivity contribution in [1.82, 2.24) is 10.6 Å². The third kappa shape index (κ3) is 2.57. The maximum Gasteiger partial charge on any atom is 0.236 e. The topological polar surface area (TPSA) is 41.1 Å². The molecule has 1 aliphatic rings. The Labute approximate surface area is 89.9 Å². The number of rotatable bonds is 2. The summed E-state index contributed by atoms with van der Waals surface area (Å²) in [5, 5.41) is 6.20. The molecule has 0 saturated carbocycles. The highest BCUT2D eigenvalue weighted by atomic mass is 16.2. The van der Waals surface area contributed by atoms with Gasteiger partial charge in [0, 0.05) is 12.6 Å². The SMILES string of the molecule is C[C@@H]1NC(Cc2ccccc2)CNC1=O. The average molecular weight is 204 g/mol. The van der Waals surface area contributed by atoms with Crippen molar-refractivity contribution >= 4 is 5.91 Å². The van der Waals surface area contributed by atoms with Crippen LogP contribution in [0.25, 0.3) is 0 Å². The molecule has 2 atom stereocenters. The molecule has 15 heavy (non-hydrogen) atoms. The van der Waals surface area contributed by atoms with E-state index >= 15 is 0 Å². The highest BCUT2D eigenvalue weighted by Gasteiger charge is 2.23. The van der Waals surface area contributed by atoms with Crippen molar-refractivity contribution in [3.8, 4) is 0 Å². The number of piperazine rings is 1. The van der Waals surface area contributed by atoms with Gasteiger partial charge in [0.25, 0.3) is 0 Å². The van der Waals surface area contributed by atoms with Gasteiger partial charge in [0.05, 0.1) is 6.04 Å². The van der Waals surface area contributed by atoms with E-state index in [1.54, 1.807) is 0 Å². The van der Waals surface area contributed by atoms with Gasteiger partial charge in [-0.3, -0.25) is 4.79 Å². The van der Waals surface area contributed by atoms with Crippen molar-refractivity contribution < 1.29 is 4.79 Å². The lowest BCUT2D eigenvalue weighted by Crippen LogP contribution is -2.57. The van der Waals surface area contributed by atoms with Crippen LogP contribution in [-0.2, 0) is 11.2 Å². The van der Waals surface area contributed by atoms with Crippen molar-refractivity contribution in [2.75, 3.05) is 6.54 Å². The summed E-state index contributed by atoms with van der Waals surface area (Å²) in [6, 6.07) is 10.6. The van der Waals surface area contributed by atoms with E-state index in [0.717, 1.165) is 13.0 Å². The number of hydrogen-bond donors (Lipinski definition) is 2. The van der Waals surface area contributed by atoms with Gasteiger partial charge >= 0.3 is 0 Å². The second kappa shape index (κ2) is 4.45. The maximum absolute atomic E-state index is 11.2. The molecule has 1 unspecified atom stereocenters. The summed E-state index contributed by atoms with van der Waals surface area (Å²) in [6.07, 6.45) is 0.964. The number of benzene rings is 1. The molecule has 1 saturated heterocycles. The summed E-state index contributed by atoms with van der Waals surface area (Å²) in [5.41, 5.74) is 1.30. The predicted octanol–water partition coefficient (Wildman–Crippen LogP) is 0.706. The molecule has 1 aromatic rings. The Morgan fingerprint density at radius 3 is 2.73 bits per heavy atom. The second-order valence-corrected chi connectivity index (χ2v) is 4.02. The summed E-state index contributed by atoms with van der Waals surface area (Å²) in [4.78, 5) is 11.2. The van der Waals surface area contributed by atoms with Crippen molar-refractivity contribution in [2.24, 2.45) is 0 Å². The van der Waals surface area contributed by atoms with E-state index in [1.807, 2.05) is 25.1 Å². The number of hydrogen-bond acceptors (Lipinski definition) is 2. The number of carbonyl (C=O) groups is 1. The van der Waals surface area contributed by atoms with E-state index in [0.29, 0.717) is 6.04 Å². The van der Waals surface area contributed by atoms with Crippen LogP contribution in [0.15, 0.2) is 30.3 Å². The highest BCUT2D eigenvalue weighted by Crippen LogP contribution is 2.05. The van der Waals surface area contributed by atoms with Crippen LogP contribution in [0.5, 0.6) is 0 Å². The van der Waals surface area contributed by atoms with Crippen LogP contribution in [0.1, 0.15) is 12.5 Å². The number of nitrogens with one attached hydrogen (secondary N) is 2. The molecule has 0 aliphatic carbocycles. The minimum atomic E-state index is -0.0764. The molecule has 1 fully saturated rings. The van der Waals surface area contributed by atoms with Gasteiger partial charge in [0.2, 0.25) is 5.91 Å². The third-order valence-electron chi connectivity index (χ3n) is 2.73. The van der Waals surface area contributed by atoms with E-state index in [2.05, 4.69) is 22.8 Å². The Hall–Kier alpha value is -1.35. The fraction of sp³-hybridized carbons (Fsp3) is 0.417. The van der Waals surface area contributed by atoms with Crippen LogP contribution >= 0.6 is 0 Å². The summed E-state index contributed by atoms with van der Waals surface area (Å²) in [7, 11) is 0.